The Balaban J connectivity index is 2.32. The van der Waals surface area contributed by atoms with Gasteiger partial charge in [-0.2, -0.15) is 0 Å². The predicted octanol–water partition coefficient (Wildman–Crippen LogP) is 1.60. The van der Waals surface area contributed by atoms with Crippen molar-refractivity contribution in [1.82, 2.24) is 15.0 Å². The standard InChI is InChI=1S/C12H13FN4O3/c1-12(2,18)11-7-16(15-14-11)6-8-5-9(13)3-4-10(8)17(19)20/h3-5,7,18H,6H2,1-2H3. The van der Waals surface area contributed by atoms with E-state index in [1.54, 1.807) is 13.8 Å². The van der Waals surface area contributed by atoms with Crippen LogP contribution in [0.2, 0.25) is 0 Å². The van der Waals surface area contributed by atoms with Crippen molar-refractivity contribution in [2.24, 2.45) is 0 Å². The molecule has 1 aromatic heterocycles. The highest BCUT2D eigenvalue weighted by Crippen LogP contribution is 2.21. The normalized spacial score (nSPS) is 11.6. The molecule has 0 amide bonds. The van der Waals surface area contributed by atoms with E-state index in [1.165, 1.54) is 10.9 Å². The molecule has 0 radical (unpaired) electrons. The summed E-state index contributed by atoms with van der Waals surface area (Å²) in [4.78, 5) is 10.3. The zero-order valence-electron chi connectivity index (χ0n) is 10.9. The third-order valence-electron chi connectivity index (χ3n) is 2.74. The first-order valence-electron chi connectivity index (χ1n) is 5.83. The summed E-state index contributed by atoms with van der Waals surface area (Å²) in [7, 11) is 0. The summed E-state index contributed by atoms with van der Waals surface area (Å²) in [6, 6.07) is 3.23. The van der Waals surface area contributed by atoms with Crippen LogP contribution < -0.4 is 0 Å². The van der Waals surface area contributed by atoms with Crippen LogP contribution in [0.15, 0.2) is 24.4 Å². The van der Waals surface area contributed by atoms with E-state index in [0.717, 1.165) is 18.2 Å². The van der Waals surface area contributed by atoms with Crippen molar-refractivity contribution in [1.29, 1.82) is 0 Å². The number of aromatic nitrogens is 3. The van der Waals surface area contributed by atoms with Crippen LogP contribution >= 0.6 is 0 Å². The van der Waals surface area contributed by atoms with Gasteiger partial charge >= 0.3 is 0 Å². The average molecular weight is 280 g/mol. The highest BCUT2D eigenvalue weighted by molar-refractivity contribution is 5.40. The zero-order chi connectivity index (χ0) is 14.9. The summed E-state index contributed by atoms with van der Waals surface area (Å²) < 4.78 is 14.5. The molecule has 1 aromatic carbocycles. The van der Waals surface area contributed by atoms with Gasteiger partial charge in [-0.1, -0.05) is 5.21 Å². The number of nitrogens with zero attached hydrogens (tertiary/aromatic N) is 4. The van der Waals surface area contributed by atoms with Crippen LogP contribution in [0.3, 0.4) is 0 Å². The molecule has 0 aliphatic rings. The molecule has 0 aliphatic carbocycles. The van der Waals surface area contributed by atoms with Gasteiger partial charge in [0.05, 0.1) is 23.2 Å². The fraction of sp³-hybridized carbons (Fsp3) is 0.333. The minimum atomic E-state index is -1.16. The van der Waals surface area contributed by atoms with Crippen molar-refractivity contribution < 1.29 is 14.4 Å². The third-order valence-corrected chi connectivity index (χ3v) is 2.74. The average Bonchev–Trinajstić information content (AvgIpc) is 2.76. The van der Waals surface area contributed by atoms with E-state index in [4.69, 9.17) is 0 Å². The van der Waals surface area contributed by atoms with Gasteiger partial charge < -0.3 is 5.11 Å². The Kier molecular flexibility index (Phi) is 3.49. The molecule has 7 nitrogen and oxygen atoms in total. The van der Waals surface area contributed by atoms with Crippen LogP contribution in [-0.2, 0) is 12.1 Å². The fourth-order valence-electron chi connectivity index (χ4n) is 1.69. The first-order chi connectivity index (χ1) is 9.27. The Morgan fingerprint density at radius 1 is 1.50 bits per heavy atom. The molecule has 0 unspecified atom stereocenters. The Labute approximate surface area is 113 Å². The van der Waals surface area contributed by atoms with Gasteiger partial charge in [0.15, 0.2) is 0 Å². The number of halogens is 1. The molecule has 2 rings (SSSR count). The summed E-state index contributed by atoms with van der Waals surface area (Å²) in [6.45, 7) is 3.09. The fourth-order valence-corrected chi connectivity index (χ4v) is 1.69. The molecule has 0 saturated carbocycles. The van der Waals surface area contributed by atoms with Gasteiger partial charge in [0.25, 0.3) is 5.69 Å². The molecule has 0 aliphatic heterocycles. The molecule has 8 heteroatoms. The molecule has 0 bridgehead atoms. The molecular formula is C12H13FN4O3. The quantitative estimate of drug-likeness (QED) is 0.678. The van der Waals surface area contributed by atoms with Gasteiger partial charge in [0.1, 0.15) is 17.1 Å². The van der Waals surface area contributed by atoms with Crippen molar-refractivity contribution in [3.63, 3.8) is 0 Å². The lowest BCUT2D eigenvalue weighted by Gasteiger charge is -2.11. The number of hydrogen-bond acceptors (Lipinski definition) is 5. The lowest BCUT2D eigenvalue weighted by molar-refractivity contribution is -0.385. The number of benzene rings is 1. The van der Waals surface area contributed by atoms with Crippen LogP contribution in [0, 0.1) is 15.9 Å². The molecule has 0 fully saturated rings. The maximum absolute atomic E-state index is 13.2. The molecule has 2 aromatic rings. The van der Waals surface area contributed by atoms with E-state index >= 15 is 0 Å². The van der Waals surface area contributed by atoms with Crippen LogP contribution in [-0.4, -0.2) is 25.0 Å². The van der Waals surface area contributed by atoms with Crippen LogP contribution in [0.5, 0.6) is 0 Å². The summed E-state index contributed by atoms with van der Waals surface area (Å²) in [5.74, 6) is -0.562. The van der Waals surface area contributed by atoms with Gasteiger partial charge in [-0.15, -0.1) is 5.10 Å². The first-order valence-corrected chi connectivity index (χ1v) is 5.83. The van der Waals surface area contributed by atoms with E-state index in [0.29, 0.717) is 5.69 Å². The lowest BCUT2D eigenvalue weighted by Crippen LogP contribution is -2.15. The topological polar surface area (TPSA) is 94.1 Å². The van der Waals surface area contributed by atoms with Crippen molar-refractivity contribution in [3.05, 3.63) is 51.6 Å². The number of hydrogen-bond donors (Lipinski definition) is 1. The van der Waals surface area contributed by atoms with E-state index in [1.807, 2.05) is 0 Å². The first kappa shape index (κ1) is 14.1. The number of aliphatic hydroxyl groups is 1. The van der Waals surface area contributed by atoms with Crippen LogP contribution in [0.1, 0.15) is 25.1 Å². The summed E-state index contributed by atoms with van der Waals surface area (Å²) >= 11 is 0. The Morgan fingerprint density at radius 3 is 2.75 bits per heavy atom. The molecule has 1 N–H and O–H groups in total. The highest BCUT2D eigenvalue weighted by atomic mass is 19.1. The number of nitro benzene ring substituents is 1. The maximum Gasteiger partial charge on any atom is 0.274 e. The Hall–Kier alpha value is -2.35. The highest BCUT2D eigenvalue weighted by Gasteiger charge is 2.21. The smallest absolute Gasteiger partial charge is 0.274 e. The second-order valence-electron chi connectivity index (χ2n) is 4.89. The van der Waals surface area contributed by atoms with E-state index < -0.39 is 16.3 Å². The zero-order valence-corrected chi connectivity index (χ0v) is 10.9. The van der Waals surface area contributed by atoms with Crippen molar-refractivity contribution in [2.75, 3.05) is 0 Å². The Bertz CT molecular complexity index is 648. The van der Waals surface area contributed by atoms with Gasteiger partial charge in [0.2, 0.25) is 0 Å². The van der Waals surface area contributed by atoms with Crippen molar-refractivity contribution in [2.45, 2.75) is 26.0 Å². The van der Waals surface area contributed by atoms with Crippen molar-refractivity contribution in [3.8, 4) is 0 Å². The number of nitro groups is 1. The van der Waals surface area contributed by atoms with E-state index in [-0.39, 0.29) is 17.8 Å². The Morgan fingerprint density at radius 2 is 2.20 bits per heavy atom. The molecular weight excluding hydrogens is 267 g/mol. The molecule has 1 heterocycles. The molecule has 0 atom stereocenters. The largest absolute Gasteiger partial charge is 0.384 e. The van der Waals surface area contributed by atoms with Crippen LogP contribution in [0.25, 0.3) is 0 Å². The molecule has 0 saturated heterocycles. The second kappa shape index (κ2) is 4.97. The monoisotopic (exact) mass is 280 g/mol. The summed E-state index contributed by atoms with van der Waals surface area (Å²) in [5, 5.41) is 28.2. The van der Waals surface area contributed by atoms with E-state index in [2.05, 4.69) is 10.3 Å². The third kappa shape index (κ3) is 2.97. The van der Waals surface area contributed by atoms with Crippen molar-refractivity contribution >= 4 is 5.69 Å². The summed E-state index contributed by atoms with van der Waals surface area (Å²) in [6.07, 6.45) is 1.47. The molecule has 0 spiro atoms. The van der Waals surface area contributed by atoms with Gasteiger partial charge in [0, 0.05) is 6.07 Å². The minimum absolute atomic E-state index is 0.00282. The van der Waals surface area contributed by atoms with E-state index in [9.17, 15) is 19.6 Å². The van der Waals surface area contributed by atoms with Gasteiger partial charge in [-0.3, -0.25) is 10.1 Å². The summed E-state index contributed by atoms with van der Waals surface area (Å²) in [5.41, 5.74) is -0.836. The SMILES string of the molecule is CC(C)(O)c1cn(Cc2cc(F)ccc2[N+](=O)[O-])nn1. The molecule has 106 valence electrons. The second-order valence-corrected chi connectivity index (χ2v) is 4.89. The number of rotatable bonds is 4. The van der Waals surface area contributed by atoms with Crippen LogP contribution in [0.4, 0.5) is 10.1 Å². The van der Waals surface area contributed by atoms with Gasteiger partial charge in [-0.25, -0.2) is 9.07 Å². The molecule has 20 heavy (non-hydrogen) atoms. The minimum Gasteiger partial charge on any atom is -0.384 e. The predicted molar refractivity (Wildman–Crippen MR) is 67.4 cm³/mol. The van der Waals surface area contributed by atoms with Gasteiger partial charge in [-0.05, 0) is 26.0 Å². The maximum atomic E-state index is 13.2. The lowest BCUT2D eigenvalue weighted by atomic mass is 10.1.